The Kier molecular flexibility index (Phi) is 9.00. The van der Waals surface area contributed by atoms with E-state index in [2.05, 4.69) is 5.32 Å². The van der Waals surface area contributed by atoms with Crippen LogP contribution in [-0.4, -0.2) is 47.0 Å². The van der Waals surface area contributed by atoms with Gasteiger partial charge in [0.2, 0.25) is 11.8 Å². The second-order valence-electron chi connectivity index (χ2n) is 3.49. The number of carbonyl (C=O) groups excluding carboxylic acids is 2. The molecule has 0 aromatic rings. The van der Waals surface area contributed by atoms with Crippen molar-refractivity contribution in [2.24, 2.45) is 0 Å². The van der Waals surface area contributed by atoms with Crippen molar-refractivity contribution in [3.63, 3.8) is 0 Å². The number of nitrogens with one attached hydrogen (secondary N) is 1. The first-order valence-electron chi connectivity index (χ1n) is 5.12. The second kappa shape index (κ2) is 8.71. The van der Waals surface area contributed by atoms with Crippen molar-refractivity contribution < 1.29 is 53.5 Å². The quantitative estimate of drug-likeness (QED) is 0.213. The summed E-state index contributed by atoms with van der Waals surface area (Å²) in [4.78, 5) is 42.4. The average Bonchev–Trinajstić information content (AvgIpc) is 2.52. The monoisotopic (exact) mass is 304 g/mol. The summed E-state index contributed by atoms with van der Waals surface area (Å²) < 4.78 is 10.4. The Bertz CT molecular complexity index is 334. The average molecular weight is 304 g/mol. The van der Waals surface area contributed by atoms with Gasteiger partial charge in [-0.05, 0) is 0 Å². The molecule has 1 fully saturated rings. The molecule has 7 nitrogen and oxygen atoms in total. The molecular formula is C8H14N2NaO5PS. The summed E-state index contributed by atoms with van der Waals surface area (Å²) in [5.74, 6) is -0.102. The van der Waals surface area contributed by atoms with Crippen LogP contribution in [0.1, 0.15) is 12.8 Å². The molecule has 98 valence electrons. The van der Waals surface area contributed by atoms with Gasteiger partial charge >= 0.3 is 29.6 Å². The van der Waals surface area contributed by atoms with E-state index in [1.807, 2.05) is 0 Å². The summed E-state index contributed by atoms with van der Waals surface area (Å²) >= 11 is 0.463. The minimum Gasteiger partial charge on any atom is -0.770 e. The molecule has 0 bridgehead atoms. The Labute approximate surface area is 131 Å². The van der Waals surface area contributed by atoms with Crippen molar-refractivity contribution in [3.8, 4) is 0 Å². The van der Waals surface area contributed by atoms with Crippen molar-refractivity contribution in [2.45, 2.75) is 12.8 Å². The molecule has 10 heteroatoms. The molecule has 2 N–H and O–H groups in total. The smallest absolute Gasteiger partial charge is 0.770 e. The Morgan fingerprint density at radius 3 is 2.39 bits per heavy atom. The predicted molar refractivity (Wildman–Crippen MR) is 61.1 cm³/mol. The molecule has 1 saturated heterocycles. The number of carbonyl (C=O) groups is 2. The maximum atomic E-state index is 11.2. The summed E-state index contributed by atoms with van der Waals surface area (Å²) in [6, 6.07) is 0. The van der Waals surface area contributed by atoms with Gasteiger partial charge in [-0.1, -0.05) is 11.4 Å². The Balaban J connectivity index is 0.00000289. The predicted octanol–water partition coefficient (Wildman–Crippen LogP) is -4.08. The van der Waals surface area contributed by atoms with E-state index >= 15 is 0 Å². The van der Waals surface area contributed by atoms with E-state index in [1.54, 1.807) is 0 Å². The van der Waals surface area contributed by atoms with Gasteiger partial charge in [0.15, 0.2) is 6.80 Å². The molecular weight excluding hydrogens is 290 g/mol. The van der Waals surface area contributed by atoms with E-state index in [0.29, 0.717) is 31.0 Å². The van der Waals surface area contributed by atoms with E-state index in [0.717, 1.165) is 0 Å². The molecule has 0 aliphatic carbocycles. The van der Waals surface area contributed by atoms with Crippen molar-refractivity contribution in [3.05, 3.63) is 0 Å². The van der Waals surface area contributed by atoms with Crippen LogP contribution < -0.4 is 39.8 Å². The van der Waals surface area contributed by atoms with Gasteiger partial charge in [-0.2, -0.15) is 0 Å². The molecule has 0 radical (unpaired) electrons. The van der Waals surface area contributed by atoms with Crippen molar-refractivity contribution in [1.82, 2.24) is 10.2 Å². The first-order valence-corrected chi connectivity index (χ1v) is 8.29. The first kappa shape index (κ1) is 18.6. The minimum atomic E-state index is -4.25. The molecule has 18 heavy (non-hydrogen) atoms. The number of amides is 2. The molecule has 0 aromatic heterocycles. The van der Waals surface area contributed by atoms with Crippen molar-refractivity contribution >= 4 is 30.0 Å². The molecule has 1 atom stereocenters. The van der Waals surface area contributed by atoms with Gasteiger partial charge in [-0.25, -0.2) is 0 Å². The zero-order valence-electron chi connectivity index (χ0n) is 10.1. The van der Waals surface area contributed by atoms with Gasteiger partial charge in [0, 0.05) is 38.2 Å². The zero-order chi connectivity index (χ0) is 12.9. The molecule has 0 aromatic carbocycles. The van der Waals surface area contributed by atoms with Gasteiger partial charge in [0.25, 0.3) is 0 Å². The maximum absolute atomic E-state index is 11.2. The molecule has 1 unspecified atom stereocenters. The molecule has 2 amide bonds. The third kappa shape index (κ3) is 7.25. The van der Waals surface area contributed by atoms with Gasteiger partial charge in [-0.15, -0.1) is 0 Å². The number of nitrogens with zero attached hydrogens (tertiary/aromatic N) is 1. The van der Waals surface area contributed by atoms with Crippen molar-refractivity contribution in [1.29, 1.82) is 0 Å². The summed E-state index contributed by atoms with van der Waals surface area (Å²) in [7, 11) is 0. The largest absolute Gasteiger partial charge is 1.00 e. The SMILES string of the molecule is O=C1CCC(=O)N1CCNCCSP(=O)([O-])O.[Na+]. The number of imide groups is 1. The zero-order valence-corrected chi connectivity index (χ0v) is 13.8. The van der Waals surface area contributed by atoms with Crippen LogP contribution in [0, 0.1) is 0 Å². The fourth-order valence-corrected chi connectivity index (χ4v) is 2.85. The van der Waals surface area contributed by atoms with Gasteiger partial charge in [0.1, 0.15) is 0 Å². The third-order valence-corrected chi connectivity index (χ3v) is 4.44. The van der Waals surface area contributed by atoms with E-state index in [9.17, 15) is 19.0 Å². The topological polar surface area (TPSA) is 110 Å². The molecule has 0 saturated carbocycles. The van der Waals surface area contributed by atoms with Gasteiger partial charge < -0.3 is 15.1 Å². The molecule has 1 rings (SSSR count). The summed E-state index contributed by atoms with van der Waals surface area (Å²) in [5, 5.41) is 2.89. The summed E-state index contributed by atoms with van der Waals surface area (Å²) in [6.45, 7) is -3.14. The van der Waals surface area contributed by atoms with E-state index < -0.39 is 6.80 Å². The van der Waals surface area contributed by atoms with Crippen LogP contribution in [0.4, 0.5) is 0 Å². The minimum absolute atomic E-state index is 0. The van der Waals surface area contributed by atoms with Crippen LogP contribution in [0.3, 0.4) is 0 Å². The molecule has 1 aliphatic heterocycles. The van der Waals surface area contributed by atoms with Crippen LogP contribution in [0.2, 0.25) is 0 Å². The normalized spacial score (nSPS) is 18.7. The van der Waals surface area contributed by atoms with Crippen LogP contribution in [-0.2, 0) is 14.2 Å². The number of hydrogen-bond donors (Lipinski definition) is 2. The number of hydrogen-bond acceptors (Lipinski definition) is 6. The Hall–Kier alpha value is 0.600. The van der Waals surface area contributed by atoms with E-state index in [4.69, 9.17) is 4.89 Å². The summed E-state index contributed by atoms with van der Waals surface area (Å²) in [6.07, 6.45) is 0.553. The molecule has 0 spiro atoms. The standard InChI is InChI=1S/C8H15N2O5PS.Na/c11-7-1-2-8(12)10(7)5-3-9-4-6-17-16(13,14)15;/h9H,1-6H2,(H2,13,14,15);/q;+1/p-1. The van der Waals surface area contributed by atoms with Crippen LogP contribution in [0.5, 0.6) is 0 Å². The van der Waals surface area contributed by atoms with Crippen LogP contribution in [0.25, 0.3) is 0 Å². The number of likely N-dealkylation sites (tertiary alicyclic amines) is 1. The Morgan fingerprint density at radius 1 is 1.33 bits per heavy atom. The van der Waals surface area contributed by atoms with E-state index in [1.165, 1.54) is 4.90 Å². The van der Waals surface area contributed by atoms with Crippen LogP contribution >= 0.6 is 18.2 Å². The van der Waals surface area contributed by atoms with E-state index in [-0.39, 0.29) is 60.0 Å². The van der Waals surface area contributed by atoms with Gasteiger partial charge in [0.05, 0.1) is 0 Å². The first-order chi connectivity index (χ1) is 7.90. The fourth-order valence-electron chi connectivity index (χ4n) is 1.42. The second-order valence-corrected chi connectivity index (χ2v) is 7.25. The van der Waals surface area contributed by atoms with Gasteiger partial charge in [-0.3, -0.25) is 19.1 Å². The molecule has 1 aliphatic rings. The maximum Gasteiger partial charge on any atom is 1.00 e. The van der Waals surface area contributed by atoms with Crippen molar-refractivity contribution in [2.75, 3.05) is 25.4 Å². The third-order valence-electron chi connectivity index (χ3n) is 2.20. The summed E-state index contributed by atoms with van der Waals surface area (Å²) in [5.41, 5.74) is 0. The Morgan fingerprint density at radius 2 is 1.89 bits per heavy atom. The number of rotatable bonds is 7. The fraction of sp³-hybridized carbons (Fsp3) is 0.750. The molecule has 1 heterocycles. The van der Waals surface area contributed by atoms with Crippen LogP contribution in [0.15, 0.2) is 0 Å².